The molecule has 1 heterocycles. The lowest BCUT2D eigenvalue weighted by Crippen LogP contribution is -2.50. The molecule has 1 aliphatic carbocycles. The zero-order chi connectivity index (χ0) is 10.6. The molecule has 0 bridgehead atoms. The first-order valence-corrected chi connectivity index (χ1v) is 4.48. The van der Waals surface area contributed by atoms with Crippen LogP contribution in [0.15, 0.2) is 0 Å². The van der Waals surface area contributed by atoms with Gasteiger partial charge in [0.05, 0.1) is 6.54 Å². The van der Waals surface area contributed by atoms with Gasteiger partial charge in [0.25, 0.3) is 11.8 Å². The second kappa shape index (κ2) is 2.82. The van der Waals surface area contributed by atoms with Gasteiger partial charge < -0.3 is 5.11 Å². The molecule has 0 aromatic heterocycles. The van der Waals surface area contributed by atoms with Crippen molar-refractivity contribution < 1.29 is 22.7 Å². The standard InChI is InChI=1S/C8H11F4NO/c9-7(10)1-5(2-7)13-3-6(14)8(11,12)4-13/h5-6,14H,1-4H2. The molecule has 0 aromatic carbocycles. The van der Waals surface area contributed by atoms with Gasteiger partial charge in [0.1, 0.15) is 6.10 Å². The van der Waals surface area contributed by atoms with Gasteiger partial charge in [-0.1, -0.05) is 0 Å². The number of hydrogen-bond acceptors (Lipinski definition) is 2. The van der Waals surface area contributed by atoms with Crippen molar-refractivity contribution in [1.29, 1.82) is 0 Å². The molecular formula is C8H11F4NO. The average Bonchev–Trinajstić information content (AvgIpc) is 2.22. The highest BCUT2D eigenvalue weighted by molar-refractivity contribution is 5.00. The molecule has 1 aliphatic heterocycles. The maximum Gasteiger partial charge on any atom is 0.287 e. The highest BCUT2D eigenvalue weighted by atomic mass is 19.3. The van der Waals surface area contributed by atoms with E-state index in [9.17, 15) is 17.6 Å². The Bertz CT molecular complexity index is 237. The first-order chi connectivity index (χ1) is 6.30. The van der Waals surface area contributed by atoms with Crippen LogP contribution in [0.2, 0.25) is 0 Å². The summed E-state index contributed by atoms with van der Waals surface area (Å²) in [6, 6.07) is -0.493. The lowest BCUT2D eigenvalue weighted by Gasteiger charge is -2.40. The van der Waals surface area contributed by atoms with Crippen molar-refractivity contribution in [2.24, 2.45) is 0 Å². The van der Waals surface area contributed by atoms with Crippen molar-refractivity contribution in [2.45, 2.75) is 36.8 Å². The number of aliphatic hydroxyl groups excluding tert-OH is 1. The van der Waals surface area contributed by atoms with Crippen molar-refractivity contribution >= 4 is 0 Å². The molecule has 1 saturated heterocycles. The SMILES string of the molecule is OC1CN(C2CC(F)(F)C2)CC1(F)F. The molecule has 2 rings (SSSR count). The van der Waals surface area contributed by atoms with Crippen LogP contribution in [0.3, 0.4) is 0 Å². The molecule has 1 atom stereocenters. The molecule has 2 aliphatic rings. The van der Waals surface area contributed by atoms with Gasteiger partial charge in [-0.25, -0.2) is 17.6 Å². The molecule has 0 radical (unpaired) electrons. The quantitative estimate of drug-likeness (QED) is 0.659. The van der Waals surface area contributed by atoms with Crippen LogP contribution in [0.4, 0.5) is 17.6 Å². The van der Waals surface area contributed by atoms with Crippen molar-refractivity contribution in [3.8, 4) is 0 Å². The minimum Gasteiger partial charge on any atom is -0.385 e. The van der Waals surface area contributed by atoms with Gasteiger partial charge in [-0.2, -0.15) is 0 Å². The summed E-state index contributed by atoms with van der Waals surface area (Å²) in [6.07, 6.45) is -2.44. The minimum absolute atomic E-state index is 0.201. The van der Waals surface area contributed by atoms with Crippen molar-refractivity contribution in [1.82, 2.24) is 4.90 Å². The van der Waals surface area contributed by atoms with Gasteiger partial charge >= 0.3 is 0 Å². The Morgan fingerprint density at radius 2 is 1.71 bits per heavy atom. The number of alkyl halides is 4. The maximum atomic E-state index is 12.8. The van der Waals surface area contributed by atoms with Crippen molar-refractivity contribution in [3.63, 3.8) is 0 Å². The Hall–Kier alpha value is -0.360. The first kappa shape index (κ1) is 10.2. The Labute approximate surface area is 78.5 Å². The lowest BCUT2D eigenvalue weighted by molar-refractivity contribution is -0.125. The monoisotopic (exact) mass is 213 g/mol. The van der Waals surface area contributed by atoms with Gasteiger partial charge in [-0.3, -0.25) is 4.90 Å². The molecule has 1 saturated carbocycles. The molecule has 14 heavy (non-hydrogen) atoms. The number of likely N-dealkylation sites (tertiary alicyclic amines) is 1. The van der Waals surface area contributed by atoms with E-state index in [0.29, 0.717) is 0 Å². The van der Waals surface area contributed by atoms with E-state index in [2.05, 4.69) is 0 Å². The third kappa shape index (κ3) is 1.61. The summed E-state index contributed by atoms with van der Waals surface area (Å²) < 4.78 is 50.6. The third-order valence-corrected chi connectivity index (χ3v) is 2.89. The zero-order valence-corrected chi connectivity index (χ0v) is 7.39. The van der Waals surface area contributed by atoms with Crippen LogP contribution in [0.5, 0.6) is 0 Å². The van der Waals surface area contributed by atoms with Crippen LogP contribution in [0.25, 0.3) is 0 Å². The summed E-state index contributed by atoms with van der Waals surface area (Å²) >= 11 is 0. The largest absolute Gasteiger partial charge is 0.385 e. The Balaban J connectivity index is 1.91. The Morgan fingerprint density at radius 3 is 2.07 bits per heavy atom. The van der Waals surface area contributed by atoms with Crippen LogP contribution in [0, 0.1) is 0 Å². The number of β-amino-alcohol motifs (C(OH)–C–C–N with tert-alkyl or cyclic N) is 1. The Morgan fingerprint density at radius 1 is 1.14 bits per heavy atom. The van der Waals surface area contributed by atoms with Gasteiger partial charge in [0, 0.05) is 25.4 Å². The highest BCUT2D eigenvalue weighted by Crippen LogP contribution is 2.43. The third-order valence-electron chi connectivity index (χ3n) is 2.89. The summed E-state index contributed by atoms with van der Waals surface area (Å²) in [5, 5.41) is 8.95. The molecule has 2 fully saturated rings. The lowest BCUT2D eigenvalue weighted by atomic mass is 9.87. The maximum absolute atomic E-state index is 12.8. The molecule has 0 aromatic rings. The number of halogens is 4. The summed E-state index contributed by atoms with van der Waals surface area (Å²) in [6.45, 7) is -0.803. The van der Waals surface area contributed by atoms with Crippen molar-refractivity contribution in [2.75, 3.05) is 13.1 Å². The predicted molar refractivity (Wildman–Crippen MR) is 40.5 cm³/mol. The van der Waals surface area contributed by atoms with E-state index in [-0.39, 0.29) is 19.4 Å². The van der Waals surface area contributed by atoms with Crippen LogP contribution in [-0.4, -0.2) is 47.1 Å². The van der Waals surface area contributed by atoms with Crippen LogP contribution in [-0.2, 0) is 0 Å². The predicted octanol–water partition coefficient (Wildman–Crippen LogP) is 1.10. The van der Waals surface area contributed by atoms with Gasteiger partial charge in [-0.05, 0) is 0 Å². The fraction of sp³-hybridized carbons (Fsp3) is 1.00. The summed E-state index contributed by atoms with van der Waals surface area (Å²) in [5.41, 5.74) is 0. The first-order valence-electron chi connectivity index (χ1n) is 4.48. The molecule has 0 amide bonds. The fourth-order valence-electron chi connectivity index (χ4n) is 1.96. The Kier molecular flexibility index (Phi) is 2.05. The van der Waals surface area contributed by atoms with E-state index in [1.807, 2.05) is 0 Å². The normalized spacial score (nSPS) is 37.1. The summed E-state index contributed by atoms with van der Waals surface area (Å²) in [4.78, 5) is 1.25. The van der Waals surface area contributed by atoms with Crippen LogP contribution >= 0.6 is 0 Å². The molecular weight excluding hydrogens is 202 g/mol. The van der Waals surface area contributed by atoms with Gasteiger partial charge in [0.15, 0.2) is 0 Å². The smallest absolute Gasteiger partial charge is 0.287 e. The second-order valence-corrected chi connectivity index (χ2v) is 4.12. The topological polar surface area (TPSA) is 23.5 Å². The number of hydrogen-bond donors (Lipinski definition) is 1. The number of rotatable bonds is 1. The molecule has 2 nitrogen and oxygen atoms in total. The van der Waals surface area contributed by atoms with E-state index >= 15 is 0 Å². The average molecular weight is 213 g/mol. The fourth-order valence-corrected chi connectivity index (χ4v) is 1.96. The number of nitrogens with zero attached hydrogens (tertiary/aromatic N) is 1. The van der Waals surface area contributed by atoms with Crippen molar-refractivity contribution in [3.05, 3.63) is 0 Å². The van der Waals surface area contributed by atoms with E-state index in [1.54, 1.807) is 0 Å². The minimum atomic E-state index is -3.15. The molecule has 6 heteroatoms. The van der Waals surface area contributed by atoms with Crippen LogP contribution in [0.1, 0.15) is 12.8 Å². The van der Waals surface area contributed by atoms with Gasteiger partial charge in [0.2, 0.25) is 0 Å². The molecule has 82 valence electrons. The zero-order valence-electron chi connectivity index (χ0n) is 7.39. The van der Waals surface area contributed by atoms with E-state index < -0.39 is 30.5 Å². The van der Waals surface area contributed by atoms with E-state index in [0.717, 1.165) is 0 Å². The molecule has 1 unspecified atom stereocenters. The summed E-state index contributed by atoms with van der Waals surface area (Å²) in [7, 11) is 0. The van der Waals surface area contributed by atoms with E-state index in [4.69, 9.17) is 5.11 Å². The summed E-state index contributed by atoms with van der Waals surface area (Å²) in [5.74, 6) is -5.85. The molecule has 1 N–H and O–H groups in total. The second-order valence-electron chi connectivity index (χ2n) is 4.12. The number of aliphatic hydroxyl groups is 1. The molecule has 0 spiro atoms. The van der Waals surface area contributed by atoms with E-state index in [1.165, 1.54) is 4.90 Å². The van der Waals surface area contributed by atoms with Crippen LogP contribution < -0.4 is 0 Å². The highest BCUT2D eigenvalue weighted by Gasteiger charge is 2.55. The van der Waals surface area contributed by atoms with Gasteiger partial charge in [-0.15, -0.1) is 0 Å².